The number of hydrogen-bond acceptors (Lipinski definition) is 6. The fourth-order valence-corrected chi connectivity index (χ4v) is 2.74. The predicted molar refractivity (Wildman–Crippen MR) is 103 cm³/mol. The Hall–Kier alpha value is -3.28. The van der Waals surface area contributed by atoms with Crippen LogP contribution in [0.15, 0.2) is 52.1 Å². The first kappa shape index (κ1) is 17.5. The van der Waals surface area contributed by atoms with Crippen molar-refractivity contribution in [3.05, 3.63) is 74.0 Å². The van der Waals surface area contributed by atoms with Gasteiger partial charge in [-0.1, -0.05) is 12.1 Å². The number of phenols is 1. The minimum absolute atomic E-state index is 0.172. The van der Waals surface area contributed by atoms with Crippen LogP contribution in [-0.4, -0.2) is 12.2 Å². The molecule has 3 aromatic rings. The standard InChI is InChI=1S/C20H20N2O4/c1-11-9-14(7-8-16(11)23)22-18-17(19(24)20(18)25)21-12(2)13-5-4-6-15(10-13)26-3/h4-10,12,21-23H,1-3H3. The van der Waals surface area contributed by atoms with Crippen molar-refractivity contribution in [1.29, 1.82) is 0 Å². The molecule has 1 atom stereocenters. The zero-order valence-electron chi connectivity index (χ0n) is 14.8. The van der Waals surface area contributed by atoms with Gasteiger partial charge in [-0.05, 0) is 55.3 Å². The van der Waals surface area contributed by atoms with E-state index < -0.39 is 10.9 Å². The molecule has 0 heterocycles. The Balaban J connectivity index is 1.83. The van der Waals surface area contributed by atoms with Gasteiger partial charge in [0, 0.05) is 11.7 Å². The molecule has 6 nitrogen and oxygen atoms in total. The van der Waals surface area contributed by atoms with Gasteiger partial charge in [0.2, 0.25) is 0 Å². The molecular weight excluding hydrogens is 332 g/mol. The SMILES string of the molecule is COc1cccc(C(C)Nc2c(Nc3ccc(O)c(C)c3)c(=O)c2=O)c1. The first-order chi connectivity index (χ1) is 12.4. The fourth-order valence-electron chi connectivity index (χ4n) is 2.74. The van der Waals surface area contributed by atoms with Crippen LogP contribution >= 0.6 is 0 Å². The quantitative estimate of drug-likeness (QED) is 0.466. The third-order valence-corrected chi connectivity index (χ3v) is 4.33. The summed E-state index contributed by atoms with van der Waals surface area (Å²) in [4.78, 5) is 24.0. The first-order valence-electron chi connectivity index (χ1n) is 8.21. The van der Waals surface area contributed by atoms with E-state index in [9.17, 15) is 14.7 Å². The van der Waals surface area contributed by atoms with Gasteiger partial charge in [0.15, 0.2) is 0 Å². The topological polar surface area (TPSA) is 87.7 Å². The highest BCUT2D eigenvalue weighted by Gasteiger charge is 2.23. The number of aryl methyl sites for hydroxylation is 1. The normalized spacial score (nSPS) is 12.0. The summed E-state index contributed by atoms with van der Waals surface area (Å²) < 4.78 is 5.22. The van der Waals surface area contributed by atoms with Gasteiger partial charge >= 0.3 is 0 Å². The number of methoxy groups -OCH3 is 1. The Kier molecular flexibility index (Phi) is 4.67. The molecule has 6 heteroatoms. The third-order valence-electron chi connectivity index (χ3n) is 4.33. The zero-order valence-corrected chi connectivity index (χ0v) is 14.8. The molecule has 0 saturated carbocycles. The minimum Gasteiger partial charge on any atom is -0.508 e. The van der Waals surface area contributed by atoms with E-state index in [2.05, 4.69) is 10.6 Å². The Morgan fingerprint density at radius 1 is 1.04 bits per heavy atom. The first-order valence-corrected chi connectivity index (χ1v) is 8.21. The Morgan fingerprint density at radius 2 is 1.77 bits per heavy atom. The summed E-state index contributed by atoms with van der Waals surface area (Å²) in [6.45, 7) is 3.66. The molecule has 1 unspecified atom stereocenters. The summed E-state index contributed by atoms with van der Waals surface area (Å²) in [5.74, 6) is 0.893. The highest BCUT2D eigenvalue weighted by Crippen LogP contribution is 2.28. The summed E-state index contributed by atoms with van der Waals surface area (Å²) in [5, 5.41) is 15.7. The number of rotatable bonds is 6. The smallest absolute Gasteiger partial charge is 0.253 e. The van der Waals surface area contributed by atoms with Crippen molar-refractivity contribution >= 4 is 17.1 Å². The maximum atomic E-state index is 12.0. The lowest BCUT2D eigenvalue weighted by atomic mass is 10.1. The van der Waals surface area contributed by atoms with E-state index in [1.54, 1.807) is 26.2 Å². The molecule has 0 radical (unpaired) electrons. The van der Waals surface area contributed by atoms with Crippen LogP contribution in [0.5, 0.6) is 11.5 Å². The van der Waals surface area contributed by atoms with Crippen LogP contribution in [0.1, 0.15) is 24.1 Å². The fraction of sp³-hybridized carbons (Fsp3) is 0.200. The van der Waals surface area contributed by atoms with E-state index in [1.807, 2.05) is 31.2 Å². The van der Waals surface area contributed by atoms with Crippen LogP contribution in [0.4, 0.5) is 17.1 Å². The lowest BCUT2D eigenvalue weighted by Gasteiger charge is -2.20. The molecule has 0 aliphatic heterocycles. The number of hydrogen-bond donors (Lipinski definition) is 3. The largest absolute Gasteiger partial charge is 0.508 e. The average molecular weight is 352 g/mol. The van der Waals surface area contributed by atoms with Gasteiger partial charge in [0.1, 0.15) is 22.9 Å². The molecule has 0 aliphatic rings. The molecule has 0 spiro atoms. The molecule has 0 amide bonds. The van der Waals surface area contributed by atoms with E-state index in [1.165, 1.54) is 6.07 Å². The van der Waals surface area contributed by atoms with Gasteiger partial charge in [0.05, 0.1) is 7.11 Å². The summed E-state index contributed by atoms with van der Waals surface area (Å²) in [5.41, 5.74) is 1.63. The van der Waals surface area contributed by atoms with Crippen LogP contribution in [0.3, 0.4) is 0 Å². The molecule has 26 heavy (non-hydrogen) atoms. The van der Waals surface area contributed by atoms with Gasteiger partial charge in [-0.25, -0.2) is 0 Å². The predicted octanol–water partition coefficient (Wildman–Crippen LogP) is 3.22. The summed E-state index contributed by atoms with van der Waals surface area (Å²) in [7, 11) is 1.59. The van der Waals surface area contributed by atoms with Gasteiger partial charge < -0.3 is 20.5 Å². The van der Waals surface area contributed by atoms with E-state index >= 15 is 0 Å². The molecule has 0 fully saturated rings. The van der Waals surface area contributed by atoms with Crippen molar-refractivity contribution in [3.8, 4) is 11.5 Å². The monoisotopic (exact) mass is 352 g/mol. The van der Waals surface area contributed by atoms with Crippen molar-refractivity contribution in [3.63, 3.8) is 0 Å². The number of aromatic hydroxyl groups is 1. The second kappa shape index (κ2) is 6.92. The van der Waals surface area contributed by atoms with E-state index in [4.69, 9.17) is 4.74 Å². The van der Waals surface area contributed by atoms with Crippen LogP contribution in [0.25, 0.3) is 0 Å². The zero-order chi connectivity index (χ0) is 18.8. The summed E-state index contributed by atoms with van der Waals surface area (Å²) in [6, 6.07) is 12.2. The minimum atomic E-state index is -0.559. The van der Waals surface area contributed by atoms with E-state index in [0.29, 0.717) is 11.3 Å². The lowest BCUT2D eigenvalue weighted by Crippen LogP contribution is -2.37. The van der Waals surface area contributed by atoms with Gasteiger partial charge in [-0.3, -0.25) is 9.59 Å². The second-order valence-corrected chi connectivity index (χ2v) is 6.18. The number of ether oxygens (including phenoxy) is 1. The van der Waals surface area contributed by atoms with Gasteiger partial charge in [0.25, 0.3) is 10.9 Å². The van der Waals surface area contributed by atoms with Crippen LogP contribution in [-0.2, 0) is 0 Å². The molecule has 134 valence electrons. The van der Waals surface area contributed by atoms with Gasteiger partial charge in [-0.2, -0.15) is 0 Å². The maximum absolute atomic E-state index is 12.0. The van der Waals surface area contributed by atoms with Crippen LogP contribution < -0.4 is 26.2 Å². The molecule has 3 rings (SSSR count). The molecule has 3 N–H and O–H groups in total. The Bertz CT molecular complexity index is 1020. The third kappa shape index (κ3) is 3.26. The highest BCUT2D eigenvalue weighted by molar-refractivity contribution is 5.79. The Labute approximate surface area is 150 Å². The van der Waals surface area contributed by atoms with E-state index in [-0.39, 0.29) is 23.2 Å². The lowest BCUT2D eigenvalue weighted by molar-refractivity contribution is 0.414. The molecule has 0 aliphatic carbocycles. The molecule has 0 aromatic heterocycles. The molecule has 3 aromatic carbocycles. The summed E-state index contributed by atoms with van der Waals surface area (Å²) in [6.07, 6.45) is 0. The van der Waals surface area contributed by atoms with Crippen molar-refractivity contribution in [1.82, 2.24) is 0 Å². The molecule has 0 bridgehead atoms. The van der Waals surface area contributed by atoms with Crippen LogP contribution in [0, 0.1) is 6.92 Å². The highest BCUT2D eigenvalue weighted by atomic mass is 16.5. The van der Waals surface area contributed by atoms with Crippen molar-refractivity contribution < 1.29 is 9.84 Å². The van der Waals surface area contributed by atoms with Crippen molar-refractivity contribution in [2.75, 3.05) is 17.7 Å². The number of phenolic OH excluding ortho intramolecular Hbond substituents is 1. The average Bonchev–Trinajstić information content (AvgIpc) is 2.66. The van der Waals surface area contributed by atoms with Crippen molar-refractivity contribution in [2.45, 2.75) is 19.9 Å². The summed E-state index contributed by atoms with van der Waals surface area (Å²) >= 11 is 0. The van der Waals surface area contributed by atoms with E-state index in [0.717, 1.165) is 11.3 Å². The van der Waals surface area contributed by atoms with Gasteiger partial charge in [-0.15, -0.1) is 0 Å². The molecular formula is C20H20N2O4. The number of benzene rings is 2. The van der Waals surface area contributed by atoms with Crippen molar-refractivity contribution in [2.24, 2.45) is 0 Å². The number of anilines is 3. The number of nitrogens with one attached hydrogen (secondary N) is 2. The Morgan fingerprint density at radius 3 is 2.46 bits per heavy atom. The van der Waals surface area contributed by atoms with Crippen LogP contribution in [0.2, 0.25) is 0 Å². The second-order valence-electron chi connectivity index (χ2n) is 6.18. The molecule has 0 saturated heterocycles. The maximum Gasteiger partial charge on any atom is 0.253 e.